The number of fused-ring (bicyclic) bond motifs is 12. The zero-order chi connectivity index (χ0) is 37.9. The van der Waals surface area contributed by atoms with Crippen molar-refractivity contribution >= 4 is 97.1 Å². The summed E-state index contributed by atoms with van der Waals surface area (Å²) in [6.45, 7) is 0. The highest BCUT2D eigenvalue weighted by atomic mass is 32.1. The predicted octanol–water partition coefficient (Wildman–Crippen LogP) is 13.8. The summed E-state index contributed by atoms with van der Waals surface area (Å²) < 4.78 is 9.33. The molecule has 0 unspecified atom stereocenters. The first kappa shape index (κ1) is 31.6. The van der Waals surface area contributed by atoms with Gasteiger partial charge in [0.05, 0.1) is 55.2 Å². The van der Waals surface area contributed by atoms with E-state index in [2.05, 4.69) is 196 Å². The van der Waals surface area contributed by atoms with Crippen molar-refractivity contribution in [3.8, 4) is 28.5 Å². The topological polar surface area (TPSA) is 40.6 Å². The van der Waals surface area contributed by atoms with Crippen molar-refractivity contribution in [1.29, 1.82) is 0 Å². The van der Waals surface area contributed by atoms with E-state index in [1.165, 1.54) is 59.1 Å². The fourth-order valence-corrected chi connectivity index (χ4v) is 10.5. The minimum absolute atomic E-state index is 0.675. The molecule has 0 aliphatic rings. The Balaban J connectivity index is 1.14. The number of nitrogens with zero attached hydrogens (tertiary/aromatic N) is 5. The predicted molar refractivity (Wildman–Crippen MR) is 243 cm³/mol. The molecule has 0 N–H and O–H groups in total. The van der Waals surface area contributed by atoms with Crippen LogP contribution in [0.5, 0.6) is 0 Å². The van der Waals surface area contributed by atoms with Gasteiger partial charge in [-0.3, -0.25) is 4.57 Å². The average Bonchev–Trinajstić information content (AvgIpc) is 4.02. The van der Waals surface area contributed by atoms with E-state index in [1.54, 1.807) is 11.3 Å². The van der Waals surface area contributed by atoms with E-state index in [4.69, 9.17) is 9.97 Å². The molecule has 270 valence electrons. The first-order valence-electron chi connectivity index (χ1n) is 19.6. The standard InChI is InChI=1S/C52H31N5S/c1-2-14-33(15-3-1)55-44-25-13-8-20-38(44)50-46(55)28-27-45(56-40-21-9-4-16-34(40)35-17-5-10-22-41(35)56)49(50)32-26-29-47-39(30-32)51-48(58-47)31-53-52(54-51)57-42-23-11-6-18-36(42)37-19-7-12-24-43(37)57/h1-31H. The zero-order valence-corrected chi connectivity index (χ0v) is 31.9. The molecule has 0 bridgehead atoms. The smallest absolute Gasteiger partial charge is 0.235 e. The number of rotatable bonds is 4. The van der Waals surface area contributed by atoms with Gasteiger partial charge in [0, 0.05) is 53.7 Å². The summed E-state index contributed by atoms with van der Waals surface area (Å²) in [4.78, 5) is 10.4. The molecular formula is C52H31N5S. The summed E-state index contributed by atoms with van der Waals surface area (Å²) in [7, 11) is 0. The average molecular weight is 758 g/mol. The monoisotopic (exact) mass is 757 g/mol. The maximum atomic E-state index is 5.40. The van der Waals surface area contributed by atoms with E-state index in [1.807, 2.05) is 6.20 Å². The SMILES string of the molecule is c1ccc(-n2c3ccccc3c3c(-c4ccc5sc6cnc(-n7c8ccccc8c8ccccc87)nc6c5c4)c(-n4c5ccccc5c5ccccc54)ccc32)cc1. The largest absolute Gasteiger partial charge is 0.309 e. The van der Waals surface area contributed by atoms with Crippen LogP contribution in [0.15, 0.2) is 188 Å². The molecule has 5 nitrogen and oxygen atoms in total. The lowest BCUT2D eigenvalue weighted by atomic mass is 9.96. The Morgan fingerprint density at radius 1 is 0.397 bits per heavy atom. The Bertz CT molecular complexity index is 3700. The van der Waals surface area contributed by atoms with Crippen LogP contribution in [0.2, 0.25) is 0 Å². The molecule has 0 saturated carbocycles. The van der Waals surface area contributed by atoms with Gasteiger partial charge in [-0.05, 0) is 72.3 Å². The second-order valence-electron chi connectivity index (χ2n) is 15.0. The van der Waals surface area contributed by atoms with Gasteiger partial charge in [0.2, 0.25) is 5.95 Å². The fraction of sp³-hybridized carbons (Fsp3) is 0. The van der Waals surface area contributed by atoms with Crippen LogP contribution in [0.4, 0.5) is 0 Å². The van der Waals surface area contributed by atoms with Gasteiger partial charge in [0.15, 0.2) is 0 Å². The van der Waals surface area contributed by atoms with E-state index >= 15 is 0 Å². The summed E-state index contributed by atoms with van der Waals surface area (Å²) in [5.41, 5.74) is 12.5. The van der Waals surface area contributed by atoms with Gasteiger partial charge in [0.25, 0.3) is 0 Å². The van der Waals surface area contributed by atoms with Crippen LogP contribution >= 0.6 is 11.3 Å². The molecule has 5 heterocycles. The normalized spacial score (nSPS) is 12.1. The van der Waals surface area contributed by atoms with Crippen LogP contribution in [-0.4, -0.2) is 23.7 Å². The number of hydrogen-bond donors (Lipinski definition) is 0. The maximum absolute atomic E-state index is 5.40. The molecule has 0 spiro atoms. The Morgan fingerprint density at radius 2 is 0.931 bits per heavy atom. The first-order chi connectivity index (χ1) is 28.8. The molecule has 13 rings (SSSR count). The lowest BCUT2D eigenvalue weighted by Gasteiger charge is -2.17. The highest BCUT2D eigenvalue weighted by Gasteiger charge is 2.23. The molecule has 6 heteroatoms. The molecule has 13 aromatic rings. The minimum atomic E-state index is 0.675. The number of para-hydroxylation sites is 6. The van der Waals surface area contributed by atoms with E-state index < -0.39 is 0 Å². The lowest BCUT2D eigenvalue weighted by molar-refractivity contribution is 1.01. The van der Waals surface area contributed by atoms with Crippen molar-refractivity contribution in [3.63, 3.8) is 0 Å². The van der Waals surface area contributed by atoms with Crippen LogP contribution < -0.4 is 0 Å². The van der Waals surface area contributed by atoms with Gasteiger partial charge < -0.3 is 9.13 Å². The second kappa shape index (κ2) is 12.0. The van der Waals surface area contributed by atoms with Gasteiger partial charge in [-0.1, -0.05) is 115 Å². The maximum Gasteiger partial charge on any atom is 0.235 e. The van der Waals surface area contributed by atoms with Crippen LogP contribution in [-0.2, 0) is 0 Å². The Hall–Kier alpha value is -7.54. The van der Waals surface area contributed by atoms with Gasteiger partial charge in [0.1, 0.15) is 0 Å². The van der Waals surface area contributed by atoms with Crippen LogP contribution in [0, 0.1) is 0 Å². The summed E-state index contributed by atoms with van der Waals surface area (Å²) in [6.07, 6.45) is 2.00. The highest BCUT2D eigenvalue weighted by molar-refractivity contribution is 7.25. The number of thiophene rings is 1. The number of benzene rings is 8. The van der Waals surface area contributed by atoms with Crippen LogP contribution in [0.1, 0.15) is 0 Å². The van der Waals surface area contributed by atoms with E-state index in [0.717, 1.165) is 49.1 Å². The Morgan fingerprint density at radius 3 is 1.55 bits per heavy atom. The molecule has 5 aromatic heterocycles. The van der Waals surface area contributed by atoms with Gasteiger partial charge in [-0.2, -0.15) is 0 Å². The molecule has 58 heavy (non-hydrogen) atoms. The van der Waals surface area contributed by atoms with Crippen molar-refractivity contribution in [3.05, 3.63) is 188 Å². The number of aromatic nitrogens is 5. The summed E-state index contributed by atoms with van der Waals surface area (Å²) in [5.74, 6) is 0.675. The number of hydrogen-bond acceptors (Lipinski definition) is 3. The molecule has 0 aliphatic carbocycles. The fourth-order valence-electron chi connectivity index (χ4n) is 9.52. The van der Waals surface area contributed by atoms with Crippen LogP contribution in [0.3, 0.4) is 0 Å². The van der Waals surface area contributed by atoms with E-state index in [9.17, 15) is 0 Å². The molecule has 8 aromatic carbocycles. The van der Waals surface area contributed by atoms with Crippen molar-refractivity contribution in [2.45, 2.75) is 0 Å². The van der Waals surface area contributed by atoms with Crippen molar-refractivity contribution in [1.82, 2.24) is 23.7 Å². The molecule has 0 saturated heterocycles. The van der Waals surface area contributed by atoms with E-state index in [0.29, 0.717) is 5.95 Å². The van der Waals surface area contributed by atoms with Crippen LogP contribution in [0.25, 0.3) is 114 Å². The summed E-state index contributed by atoms with van der Waals surface area (Å²) in [5, 5.41) is 8.43. The third-order valence-electron chi connectivity index (χ3n) is 11.9. The van der Waals surface area contributed by atoms with Gasteiger partial charge >= 0.3 is 0 Å². The first-order valence-corrected chi connectivity index (χ1v) is 20.4. The minimum Gasteiger partial charge on any atom is -0.309 e. The van der Waals surface area contributed by atoms with Gasteiger partial charge in [-0.15, -0.1) is 11.3 Å². The van der Waals surface area contributed by atoms with Gasteiger partial charge in [-0.25, -0.2) is 9.97 Å². The molecule has 0 atom stereocenters. The Labute approximate surface area is 335 Å². The van der Waals surface area contributed by atoms with Crippen molar-refractivity contribution < 1.29 is 0 Å². The highest BCUT2D eigenvalue weighted by Crippen LogP contribution is 2.46. The molecule has 0 aliphatic heterocycles. The molecule has 0 fully saturated rings. The third-order valence-corrected chi connectivity index (χ3v) is 13.0. The van der Waals surface area contributed by atoms with Crippen molar-refractivity contribution in [2.24, 2.45) is 0 Å². The summed E-state index contributed by atoms with van der Waals surface area (Å²) in [6, 6.07) is 65.8. The lowest BCUT2D eigenvalue weighted by Crippen LogP contribution is -2.00. The quantitative estimate of drug-likeness (QED) is 0.179. The summed E-state index contributed by atoms with van der Waals surface area (Å²) >= 11 is 1.75. The van der Waals surface area contributed by atoms with Crippen molar-refractivity contribution in [2.75, 3.05) is 0 Å². The zero-order valence-electron chi connectivity index (χ0n) is 31.0. The molecule has 0 radical (unpaired) electrons. The molecule has 0 amide bonds. The molecular weight excluding hydrogens is 727 g/mol. The third kappa shape index (κ3) is 4.35. The second-order valence-corrected chi connectivity index (χ2v) is 16.1. The van der Waals surface area contributed by atoms with E-state index in [-0.39, 0.29) is 0 Å². The Kier molecular flexibility index (Phi) is 6.54.